The van der Waals surface area contributed by atoms with Gasteiger partial charge in [0.25, 0.3) is 0 Å². The van der Waals surface area contributed by atoms with Gasteiger partial charge in [-0.1, -0.05) is 17.7 Å². The number of hydrogen-bond acceptors (Lipinski definition) is 3. The molecule has 3 heterocycles. The predicted octanol–water partition coefficient (Wildman–Crippen LogP) is 3.98. The first-order valence-electron chi connectivity index (χ1n) is 6.38. The average molecular weight is 305 g/mol. The summed E-state index contributed by atoms with van der Waals surface area (Å²) in [6.45, 7) is 0. The topological polar surface area (TPSA) is 43.1 Å². The predicted molar refractivity (Wildman–Crippen MR) is 78.2 cm³/mol. The molecule has 0 unspecified atom stereocenters. The van der Waals surface area contributed by atoms with E-state index in [1.54, 1.807) is 6.20 Å². The molecular weight excluding hydrogens is 295 g/mol. The van der Waals surface area contributed by atoms with Crippen molar-refractivity contribution in [3.63, 3.8) is 0 Å². The van der Waals surface area contributed by atoms with Crippen LogP contribution in [0, 0.1) is 0 Å². The van der Waals surface area contributed by atoms with E-state index >= 15 is 0 Å². The Bertz CT molecular complexity index is 808. The lowest BCUT2D eigenvalue weighted by atomic mass is 10.2. The summed E-state index contributed by atoms with van der Waals surface area (Å²) in [7, 11) is 0. The first kappa shape index (κ1) is 12.1. The standard InChI is InChI=1S/C14H10Cl2N4/c15-10-6-18-14(16)19-12(10)11-7-17-13-9(8-3-4-8)2-1-5-20(11)13/h1-2,5-8H,3-4H2. The van der Waals surface area contributed by atoms with Crippen LogP contribution in [-0.2, 0) is 0 Å². The molecule has 1 saturated carbocycles. The van der Waals surface area contributed by atoms with Gasteiger partial charge >= 0.3 is 0 Å². The Hall–Kier alpha value is -1.65. The zero-order valence-corrected chi connectivity index (χ0v) is 11.9. The molecule has 0 bridgehead atoms. The minimum Gasteiger partial charge on any atom is -0.298 e. The fourth-order valence-corrected chi connectivity index (χ4v) is 2.77. The largest absolute Gasteiger partial charge is 0.298 e. The Morgan fingerprint density at radius 3 is 2.80 bits per heavy atom. The molecule has 0 N–H and O–H groups in total. The molecule has 1 aliphatic carbocycles. The molecule has 0 spiro atoms. The molecule has 0 amide bonds. The van der Waals surface area contributed by atoms with Crippen LogP contribution in [0.4, 0.5) is 0 Å². The van der Waals surface area contributed by atoms with E-state index in [4.69, 9.17) is 23.2 Å². The number of rotatable bonds is 2. The Morgan fingerprint density at radius 2 is 2.00 bits per heavy atom. The third-order valence-corrected chi connectivity index (χ3v) is 4.00. The van der Waals surface area contributed by atoms with Crippen LogP contribution < -0.4 is 0 Å². The minimum atomic E-state index is 0.178. The van der Waals surface area contributed by atoms with Gasteiger partial charge in [-0.2, -0.15) is 0 Å². The lowest BCUT2D eigenvalue weighted by Gasteiger charge is -2.05. The molecule has 0 saturated heterocycles. The van der Waals surface area contributed by atoms with Gasteiger partial charge in [0.05, 0.1) is 23.1 Å². The molecule has 1 aliphatic rings. The molecule has 0 atom stereocenters. The Labute approximate surface area is 125 Å². The summed E-state index contributed by atoms with van der Waals surface area (Å²) < 4.78 is 2.01. The van der Waals surface area contributed by atoms with Gasteiger partial charge in [0.2, 0.25) is 5.28 Å². The Morgan fingerprint density at radius 1 is 1.15 bits per heavy atom. The summed E-state index contributed by atoms with van der Waals surface area (Å²) >= 11 is 12.0. The SMILES string of the molecule is Clc1ncc(Cl)c(-c2cnc3c(C4CC4)cccn23)n1. The zero-order valence-electron chi connectivity index (χ0n) is 10.4. The minimum absolute atomic E-state index is 0.178. The van der Waals surface area contributed by atoms with Gasteiger partial charge in [-0.05, 0) is 42.0 Å². The van der Waals surface area contributed by atoms with E-state index in [2.05, 4.69) is 21.0 Å². The fourth-order valence-electron chi connectivity index (χ4n) is 2.45. The van der Waals surface area contributed by atoms with Gasteiger partial charge in [0, 0.05) is 6.20 Å². The highest BCUT2D eigenvalue weighted by atomic mass is 35.5. The van der Waals surface area contributed by atoms with Crippen LogP contribution in [0.15, 0.2) is 30.7 Å². The number of aromatic nitrogens is 4. The van der Waals surface area contributed by atoms with Gasteiger partial charge in [-0.15, -0.1) is 0 Å². The molecule has 3 aromatic heterocycles. The van der Waals surface area contributed by atoms with Gasteiger partial charge in [-0.3, -0.25) is 4.40 Å². The molecule has 0 radical (unpaired) electrons. The van der Waals surface area contributed by atoms with E-state index in [0.717, 1.165) is 11.3 Å². The quantitative estimate of drug-likeness (QED) is 0.673. The molecular formula is C14H10Cl2N4. The summed E-state index contributed by atoms with van der Waals surface area (Å²) in [5, 5.41) is 0.644. The van der Waals surface area contributed by atoms with E-state index in [0.29, 0.717) is 16.6 Å². The van der Waals surface area contributed by atoms with Crippen LogP contribution in [-0.4, -0.2) is 19.4 Å². The number of halogens is 2. The second-order valence-corrected chi connectivity index (χ2v) is 5.66. The summed E-state index contributed by atoms with van der Waals surface area (Å²) in [5.41, 5.74) is 3.69. The van der Waals surface area contributed by atoms with Gasteiger partial charge in [0.1, 0.15) is 11.3 Å². The van der Waals surface area contributed by atoms with Crippen LogP contribution in [0.5, 0.6) is 0 Å². The van der Waals surface area contributed by atoms with E-state index in [9.17, 15) is 0 Å². The fraction of sp³-hybridized carbons (Fsp3) is 0.214. The zero-order chi connectivity index (χ0) is 13.7. The second kappa shape index (κ2) is 4.43. The summed E-state index contributed by atoms with van der Waals surface area (Å²) in [6, 6.07) is 4.17. The maximum atomic E-state index is 6.18. The number of pyridine rings is 1. The van der Waals surface area contributed by atoms with E-state index in [1.807, 2.05) is 16.7 Å². The highest BCUT2D eigenvalue weighted by Crippen LogP contribution is 2.42. The highest BCUT2D eigenvalue weighted by Gasteiger charge is 2.27. The summed E-state index contributed by atoms with van der Waals surface area (Å²) in [5.74, 6) is 0.637. The van der Waals surface area contributed by atoms with E-state index in [1.165, 1.54) is 24.6 Å². The van der Waals surface area contributed by atoms with Gasteiger partial charge in [-0.25, -0.2) is 15.0 Å². The lowest BCUT2D eigenvalue weighted by molar-refractivity contribution is 1.07. The van der Waals surface area contributed by atoms with Gasteiger partial charge < -0.3 is 0 Å². The van der Waals surface area contributed by atoms with E-state index in [-0.39, 0.29) is 5.28 Å². The van der Waals surface area contributed by atoms with Crippen molar-refractivity contribution in [2.45, 2.75) is 18.8 Å². The monoisotopic (exact) mass is 304 g/mol. The number of hydrogen-bond donors (Lipinski definition) is 0. The van der Waals surface area contributed by atoms with Crippen molar-refractivity contribution in [3.8, 4) is 11.4 Å². The molecule has 4 rings (SSSR count). The molecule has 20 heavy (non-hydrogen) atoms. The van der Waals surface area contributed by atoms with Crippen molar-refractivity contribution in [1.29, 1.82) is 0 Å². The molecule has 6 heteroatoms. The van der Waals surface area contributed by atoms with Crippen molar-refractivity contribution in [2.75, 3.05) is 0 Å². The van der Waals surface area contributed by atoms with Gasteiger partial charge in [0.15, 0.2) is 0 Å². The highest BCUT2D eigenvalue weighted by molar-refractivity contribution is 6.33. The maximum absolute atomic E-state index is 6.18. The van der Waals surface area contributed by atoms with Crippen LogP contribution >= 0.6 is 23.2 Å². The molecule has 3 aromatic rings. The van der Waals surface area contributed by atoms with Crippen molar-refractivity contribution in [3.05, 3.63) is 46.6 Å². The number of imidazole rings is 1. The third-order valence-electron chi connectivity index (χ3n) is 3.54. The van der Waals surface area contributed by atoms with Crippen molar-refractivity contribution in [1.82, 2.24) is 19.4 Å². The normalized spacial score (nSPS) is 14.9. The maximum Gasteiger partial charge on any atom is 0.223 e. The lowest BCUT2D eigenvalue weighted by Crippen LogP contribution is -1.95. The van der Waals surface area contributed by atoms with Crippen LogP contribution in [0.2, 0.25) is 10.3 Å². The number of nitrogens with zero attached hydrogens (tertiary/aromatic N) is 4. The molecule has 1 fully saturated rings. The molecule has 0 aromatic carbocycles. The van der Waals surface area contributed by atoms with Crippen LogP contribution in [0.1, 0.15) is 24.3 Å². The van der Waals surface area contributed by atoms with Crippen LogP contribution in [0.25, 0.3) is 17.0 Å². The van der Waals surface area contributed by atoms with Crippen LogP contribution in [0.3, 0.4) is 0 Å². The number of fused-ring (bicyclic) bond motifs is 1. The summed E-state index contributed by atoms with van der Waals surface area (Å²) in [6.07, 6.45) is 7.74. The second-order valence-electron chi connectivity index (χ2n) is 4.91. The Balaban J connectivity index is 1.96. The average Bonchev–Trinajstić information content (AvgIpc) is 3.20. The Kier molecular flexibility index (Phi) is 2.69. The van der Waals surface area contributed by atoms with Crippen molar-refractivity contribution >= 4 is 28.8 Å². The molecule has 0 aliphatic heterocycles. The molecule has 4 nitrogen and oxygen atoms in total. The van der Waals surface area contributed by atoms with Crippen molar-refractivity contribution in [2.24, 2.45) is 0 Å². The smallest absolute Gasteiger partial charge is 0.223 e. The molecule has 100 valence electrons. The third kappa shape index (κ3) is 1.87. The first-order chi connectivity index (χ1) is 9.74. The van der Waals surface area contributed by atoms with Crippen molar-refractivity contribution < 1.29 is 0 Å². The van der Waals surface area contributed by atoms with E-state index < -0.39 is 0 Å². The first-order valence-corrected chi connectivity index (χ1v) is 7.14. The summed E-state index contributed by atoms with van der Waals surface area (Å²) in [4.78, 5) is 12.6.